The zero-order chi connectivity index (χ0) is 18.4. The highest BCUT2D eigenvalue weighted by atomic mass is 32.1. The molecule has 3 rings (SSSR count). The number of thiazole rings is 1. The van der Waals surface area contributed by atoms with Crippen molar-refractivity contribution < 1.29 is 0 Å². The fourth-order valence-electron chi connectivity index (χ4n) is 2.73. The topological polar surface area (TPSA) is 68.3 Å². The quantitative estimate of drug-likeness (QED) is 0.442. The molecule has 0 aliphatic rings. The Morgan fingerprint density at radius 2 is 2.12 bits per heavy atom. The minimum absolute atomic E-state index is 0.576. The smallest absolute Gasteiger partial charge is 0.191 e. The molecule has 0 saturated carbocycles. The molecule has 0 spiro atoms. The van der Waals surface area contributed by atoms with Crippen LogP contribution in [0, 0.1) is 0 Å². The second kappa shape index (κ2) is 8.71. The van der Waals surface area contributed by atoms with E-state index in [2.05, 4.69) is 68.4 Å². The lowest BCUT2D eigenvalue weighted by atomic mass is 10.1. The van der Waals surface area contributed by atoms with E-state index >= 15 is 0 Å². The number of hydrogen-bond acceptors (Lipinski definition) is 4. The highest BCUT2D eigenvalue weighted by Crippen LogP contribution is 2.19. The van der Waals surface area contributed by atoms with Gasteiger partial charge in [0.1, 0.15) is 0 Å². The number of nitrogens with zero attached hydrogens (tertiary/aromatic N) is 3. The number of anilines is 1. The van der Waals surface area contributed by atoms with Crippen LogP contribution in [0.5, 0.6) is 0 Å². The number of nitrogens with one attached hydrogen (secondary N) is 3. The minimum Gasteiger partial charge on any atom is -0.361 e. The summed E-state index contributed by atoms with van der Waals surface area (Å²) in [6.45, 7) is 4.31. The lowest BCUT2D eigenvalue weighted by molar-refractivity contribution is 0.799. The first kappa shape index (κ1) is 18.3. The number of aromatic amines is 1. The Hall–Kier alpha value is -2.54. The summed E-state index contributed by atoms with van der Waals surface area (Å²) in [6.07, 6.45) is 3.03. The second-order valence-electron chi connectivity index (χ2n) is 6.25. The van der Waals surface area contributed by atoms with Gasteiger partial charge in [-0.25, -0.2) is 9.98 Å². The zero-order valence-corrected chi connectivity index (χ0v) is 16.4. The van der Waals surface area contributed by atoms with E-state index in [0.29, 0.717) is 6.54 Å². The average Bonchev–Trinajstić information content (AvgIpc) is 3.27. The molecule has 1 aromatic carbocycles. The van der Waals surface area contributed by atoms with Crippen LogP contribution in [-0.2, 0) is 13.0 Å². The molecule has 0 bridgehead atoms. The molecule has 0 radical (unpaired) electrons. The first-order valence-electron chi connectivity index (χ1n) is 8.86. The van der Waals surface area contributed by atoms with Crippen LogP contribution in [0.4, 0.5) is 5.13 Å². The Labute approximate surface area is 158 Å². The average molecular weight is 371 g/mol. The van der Waals surface area contributed by atoms with Gasteiger partial charge in [-0.2, -0.15) is 0 Å². The molecular weight excluding hydrogens is 344 g/mol. The van der Waals surface area contributed by atoms with Gasteiger partial charge in [0, 0.05) is 49.7 Å². The summed E-state index contributed by atoms with van der Waals surface area (Å²) in [5.74, 6) is 0.826. The van der Waals surface area contributed by atoms with E-state index in [1.54, 1.807) is 11.3 Å². The van der Waals surface area contributed by atoms with Crippen molar-refractivity contribution in [3.63, 3.8) is 0 Å². The number of para-hydroxylation sites is 1. The van der Waals surface area contributed by atoms with Crippen LogP contribution < -0.4 is 15.5 Å². The number of benzene rings is 1. The van der Waals surface area contributed by atoms with E-state index < -0.39 is 0 Å². The van der Waals surface area contributed by atoms with Crippen molar-refractivity contribution in [1.82, 2.24) is 20.6 Å². The van der Waals surface area contributed by atoms with Crippen molar-refractivity contribution >= 4 is 33.3 Å². The Balaban J connectivity index is 1.57. The maximum atomic E-state index is 4.65. The lowest BCUT2D eigenvalue weighted by Crippen LogP contribution is -2.38. The number of fused-ring (bicyclic) bond motifs is 1. The molecule has 0 aliphatic carbocycles. The third kappa shape index (κ3) is 4.54. The Kier molecular flexibility index (Phi) is 6.12. The van der Waals surface area contributed by atoms with E-state index in [1.807, 2.05) is 19.0 Å². The van der Waals surface area contributed by atoms with E-state index in [9.17, 15) is 0 Å². The molecule has 26 heavy (non-hydrogen) atoms. The molecule has 0 amide bonds. The molecule has 0 unspecified atom stereocenters. The fraction of sp³-hybridized carbons (Fsp3) is 0.368. The maximum absolute atomic E-state index is 4.65. The summed E-state index contributed by atoms with van der Waals surface area (Å²) in [5.41, 5.74) is 3.50. The van der Waals surface area contributed by atoms with Gasteiger partial charge in [0.15, 0.2) is 11.1 Å². The van der Waals surface area contributed by atoms with Gasteiger partial charge < -0.3 is 20.5 Å². The third-order valence-corrected chi connectivity index (χ3v) is 5.08. The van der Waals surface area contributed by atoms with Crippen LogP contribution in [0.25, 0.3) is 10.9 Å². The van der Waals surface area contributed by atoms with Crippen molar-refractivity contribution in [3.05, 3.63) is 47.1 Å². The SMILES string of the molecule is CCNC(=NCc1csc(N(C)C)n1)NCCc1c[nH]c2ccccc12. The molecule has 2 aromatic heterocycles. The fourth-order valence-corrected chi connectivity index (χ4v) is 3.48. The van der Waals surface area contributed by atoms with Gasteiger partial charge in [-0.1, -0.05) is 18.2 Å². The number of aromatic nitrogens is 2. The van der Waals surface area contributed by atoms with Crippen molar-refractivity contribution in [2.45, 2.75) is 19.9 Å². The minimum atomic E-state index is 0.576. The third-order valence-electron chi connectivity index (χ3n) is 4.03. The molecule has 0 atom stereocenters. The molecule has 3 aromatic rings. The summed E-state index contributed by atoms with van der Waals surface area (Å²) in [6, 6.07) is 8.39. The monoisotopic (exact) mass is 370 g/mol. The predicted octanol–water partition coefficient (Wildman–Crippen LogP) is 2.99. The van der Waals surface area contributed by atoms with Gasteiger partial charge in [0.05, 0.1) is 12.2 Å². The van der Waals surface area contributed by atoms with Gasteiger partial charge in [-0.05, 0) is 25.0 Å². The number of hydrogen-bond donors (Lipinski definition) is 3. The first-order valence-corrected chi connectivity index (χ1v) is 9.74. The zero-order valence-electron chi connectivity index (χ0n) is 15.5. The molecule has 138 valence electrons. The summed E-state index contributed by atoms with van der Waals surface area (Å²) >= 11 is 1.64. The van der Waals surface area contributed by atoms with Crippen LogP contribution in [0.15, 0.2) is 40.8 Å². The van der Waals surface area contributed by atoms with Crippen LogP contribution in [0.2, 0.25) is 0 Å². The van der Waals surface area contributed by atoms with Crippen molar-refractivity contribution in [2.24, 2.45) is 4.99 Å². The lowest BCUT2D eigenvalue weighted by Gasteiger charge is -2.10. The summed E-state index contributed by atoms with van der Waals surface area (Å²) in [7, 11) is 4.00. The molecule has 2 heterocycles. The highest BCUT2D eigenvalue weighted by Gasteiger charge is 2.05. The number of H-pyrrole nitrogens is 1. The summed E-state index contributed by atoms with van der Waals surface area (Å²) < 4.78 is 0. The Morgan fingerprint density at radius 1 is 1.27 bits per heavy atom. The van der Waals surface area contributed by atoms with E-state index in [0.717, 1.165) is 36.3 Å². The van der Waals surface area contributed by atoms with E-state index in [4.69, 9.17) is 0 Å². The van der Waals surface area contributed by atoms with Gasteiger partial charge in [-0.3, -0.25) is 0 Å². The molecule has 0 saturated heterocycles. The van der Waals surface area contributed by atoms with Crippen molar-refractivity contribution in [3.8, 4) is 0 Å². The van der Waals surface area contributed by atoms with Crippen LogP contribution in [-0.4, -0.2) is 43.1 Å². The molecular formula is C19H26N6S. The van der Waals surface area contributed by atoms with Crippen molar-refractivity contribution in [2.75, 3.05) is 32.1 Å². The van der Waals surface area contributed by atoms with Gasteiger partial charge in [0.25, 0.3) is 0 Å². The number of rotatable bonds is 7. The first-order chi connectivity index (χ1) is 12.7. The highest BCUT2D eigenvalue weighted by molar-refractivity contribution is 7.13. The molecule has 3 N–H and O–H groups in total. The van der Waals surface area contributed by atoms with Gasteiger partial charge >= 0.3 is 0 Å². The molecule has 6 nitrogen and oxygen atoms in total. The van der Waals surface area contributed by atoms with Crippen LogP contribution in [0.1, 0.15) is 18.2 Å². The standard InChI is InChI=1S/C19H26N6S/c1-4-20-18(23-12-15-13-26-19(24-15)25(2)3)21-10-9-14-11-22-17-8-6-5-7-16(14)17/h5-8,11,13,22H,4,9-10,12H2,1-3H3,(H2,20,21,23). The maximum Gasteiger partial charge on any atom is 0.191 e. The Morgan fingerprint density at radius 3 is 2.88 bits per heavy atom. The van der Waals surface area contributed by atoms with E-state index in [-0.39, 0.29) is 0 Å². The molecule has 7 heteroatoms. The van der Waals surface area contributed by atoms with Crippen LogP contribution >= 0.6 is 11.3 Å². The number of guanidine groups is 1. The van der Waals surface area contributed by atoms with Gasteiger partial charge in [-0.15, -0.1) is 11.3 Å². The summed E-state index contributed by atoms with van der Waals surface area (Å²) in [4.78, 5) is 14.6. The predicted molar refractivity (Wildman–Crippen MR) is 111 cm³/mol. The summed E-state index contributed by atoms with van der Waals surface area (Å²) in [5, 5.41) is 11.1. The second-order valence-corrected chi connectivity index (χ2v) is 7.08. The largest absolute Gasteiger partial charge is 0.361 e. The number of aliphatic imine (C=N–C) groups is 1. The molecule has 0 aliphatic heterocycles. The van der Waals surface area contributed by atoms with E-state index in [1.165, 1.54) is 16.5 Å². The normalized spacial score (nSPS) is 11.7. The van der Waals surface area contributed by atoms with Crippen molar-refractivity contribution in [1.29, 1.82) is 0 Å². The van der Waals surface area contributed by atoms with Crippen LogP contribution in [0.3, 0.4) is 0 Å². The molecule has 0 fully saturated rings. The van der Waals surface area contributed by atoms with Gasteiger partial charge in [0.2, 0.25) is 0 Å². The Bertz CT molecular complexity index is 864.